The molecule has 0 unspecified atom stereocenters. The zero-order valence-corrected chi connectivity index (χ0v) is 14.6. The number of hydrogen-bond donors (Lipinski definition) is 0. The fourth-order valence-electron chi connectivity index (χ4n) is 4.52. The second-order valence-corrected chi connectivity index (χ2v) is 8.37. The van der Waals surface area contributed by atoms with E-state index in [9.17, 15) is 0 Å². The highest BCUT2D eigenvalue weighted by Crippen LogP contribution is 2.42. The van der Waals surface area contributed by atoms with Crippen molar-refractivity contribution < 1.29 is 0 Å². The topological polar surface area (TPSA) is 9.72 Å². The minimum absolute atomic E-state index is 0.698. The first kappa shape index (κ1) is 15.8. The lowest BCUT2D eigenvalue weighted by Crippen LogP contribution is -2.63. The first-order valence-electron chi connectivity index (χ1n) is 9.21. The fourth-order valence-corrected chi connectivity index (χ4v) is 4.52. The minimum atomic E-state index is 0.698. The number of piperidine rings is 2. The molecule has 3 heteroatoms. The van der Waals surface area contributed by atoms with Gasteiger partial charge in [0.25, 0.3) is 0 Å². The van der Waals surface area contributed by atoms with Crippen LogP contribution in [0.4, 0.5) is 0 Å². The zero-order chi connectivity index (χ0) is 15.0. The molecule has 0 N–H and O–H groups in total. The van der Waals surface area contributed by atoms with Gasteiger partial charge in [0.15, 0.2) is 0 Å². The van der Waals surface area contributed by atoms with Crippen LogP contribution in [0.3, 0.4) is 0 Å². The van der Waals surface area contributed by atoms with Crippen LogP contribution in [0.2, 0.25) is 0 Å². The lowest BCUT2D eigenvalue weighted by molar-refractivity contribution is -0.0350. The molecule has 21 heavy (non-hydrogen) atoms. The number of hydrogen-bond acceptors (Lipinski definition) is 3. The van der Waals surface area contributed by atoms with Gasteiger partial charge in [-0.3, -0.25) is 9.80 Å². The van der Waals surface area contributed by atoms with Gasteiger partial charge in [0.2, 0.25) is 0 Å². The zero-order valence-electron chi connectivity index (χ0n) is 14.6. The van der Waals surface area contributed by atoms with E-state index in [1.54, 1.807) is 0 Å². The van der Waals surface area contributed by atoms with Crippen LogP contribution < -0.4 is 0 Å². The van der Waals surface area contributed by atoms with Crippen LogP contribution in [0.1, 0.15) is 53.4 Å². The maximum absolute atomic E-state index is 2.79. The van der Waals surface area contributed by atoms with E-state index >= 15 is 0 Å². The van der Waals surface area contributed by atoms with Crippen molar-refractivity contribution in [2.24, 2.45) is 5.41 Å². The molecule has 122 valence electrons. The normalized spacial score (nSPS) is 29.4. The highest BCUT2D eigenvalue weighted by molar-refractivity contribution is 4.96. The summed E-state index contributed by atoms with van der Waals surface area (Å²) in [5.74, 6) is 0. The average molecular weight is 293 g/mol. The van der Waals surface area contributed by atoms with Gasteiger partial charge in [0.1, 0.15) is 0 Å². The van der Waals surface area contributed by atoms with Gasteiger partial charge in [0, 0.05) is 31.2 Å². The molecule has 0 aromatic heterocycles. The minimum Gasteiger partial charge on any atom is -0.301 e. The molecule has 0 bridgehead atoms. The second kappa shape index (κ2) is 6.17. The Balaban J connectivity index is 1.44. The average Bonchev–Trinajstić information content (AvgIpc) is 2.40. The van der Waals surface area contributed by atoms with Gasteiger partial charge in [0.05, 0.1) is 0 Å². The lowest BCUT2D eigenvalue weighted by atomic mass is 9.70. The summed E-state index contributed by atoms with van der Waals surface area (Å²) >= 11 is 0. The summed E-state index contributed by atoms with van der Waals surface area (Å²) in [4.78, 5) is 8.07. The molecule has 0 saturated carbocycles. The van der Waals surface area contributed by atoms with Crippen molar-refractivity contribution in [1.29, 1.82) is 0 Å². The molecule has 0 aromatic rings. The Kier molecular flexibility index (Phi) is 4.63. The molecule has 3 aliphatic rings. The van der Waals surface area contributed by atoms with E-state index in [4.69, 9.17) is 0 Å². The highest BCUT2D eigenvalue weighted by Gasteiger charge is 2.41. The summed E-state index contributed by atoms with van der Waals surface area (Å²) in [6, 6.07) is 2.33. The highest BCUT2D eigenvalue weighted by atomic mass is 15.3. The van der Waals surface area contributed by atoms with Gasteiger partial charge in [-0.05, 0) is 85.0 Å². The molecular weight excluding hydrogens is 258 g/mol. The molecule has 3 fully saturated rings. The molecule has 1 spiro atoms. The van der Waals surface area contributed by atoms with Crippen molar-refractivity contribution in [3.8, 4) is 0 Å². The molecule has 0 aliphatic carbocycles. The van der Waals surface area contributed by atoms with Crippen molar-refractivity contribution in [2.45, 2.75) is 71.5 Å². The molecule has 3 saturated heterocycles. The first-order chi connectivity index (χ1) is 9.99. The summed E-state index contributed by atoms with van der Waals surface area (Å²) in [6.45, 7) is 17.3. The fraction of sp³-hybridized carbons (Fsp3) is 1.00. The molecule has 3 heterocycles. The van der Waals surface area contributed by atoms with Gasteiger partial charge in [-0.15, -0.1) is 0 Å². The molecule has 0 atom stereocenters. The Morgan fingerprint density at radius 1 is 0.714 bits per heavy atom. The van der Waals surface area contributed by atoms with Crippen LogP contribution in [-0.4, -0.2) is 72.1 Å². The summed E-state index contributed by atoms with van der Waals surface area (Å²) in [7, 11) is 0. The SMILES string of the molecule is CC(C)N1CCC2(CC1)CCN(C1CN(C(C)C)C1)CC2. The van der Waals surface area contributed by atoms with Gasteiger partial charge in [-0.25, -0.2) is 0 Å². The standard InChI is InChI=1S/C18H35N3/c1-15(2)19-9-5-18(6-10-19)7-11-20(12-8-18)17-13-21(14-17)16(3)4/h15-17H,5-14H2,1-4H3. The molecule has 3 nitrogen and oxygen atoms in total. The first-order valence-corrected chi connectivity index (χ1v) is 9.21. The Hall–Kier alpha value is -0.120. The van der Waals surface area contributed by atoms with Crippen LogP contribution in [0.5, 0.6) is 0 Å². The predicted molar refractivity (Wildman–Crippen MR) is 89.7 cm³/mol. The lowest BCUT2D eigenvalue weighted by Gasteiger charge is -2.53. The summed E-state index contributed by atoms with van der Waals surface area (Å²) in [5.41, 5.74) is 0.698. The van der Waals surface area contributed by atoms with Gasteiger partial charge in [-0.2, -0.15) is 0 Å². The van der Waals surface area contributed by atoms with Crippen molar-refractivity contribution in [2.75, 3.05) is 39.3 Å². The Labute approximate surface area is 131 Å². The third-order valence-electron chi connectivity index (χ3n) is 6.58. The van der Waals surface area contributed by atoms with E-state index in [0.717, 1.165) is 18.1 Å². The summed E-state index contributed by atoms with van der Waals surface area (Å²) < 4.78 is 0. The molecule has 0 radical (unpaired) electrons. The van der Waals surface area contributed by atoms with E-state index in [2.05, 4.69) is 42.4 Å². The predicted octanol–water partition coefficient (Wildman–Crippen LogP) is 2.67. The quantitative estimate of drug-likeness (QED) is 0.792. The summed E-state index contributed by atoms with van der Waals surface area (Å²) in [6.07, 6.45) is 5.80. The molecule has 3 rings (SSSR count). The molecule has 0 aromatic carbocycles. The van der Waals surface area contributed by atoms with E-state index < -0.39 is 0 Å². The van der Waals surface area contributed by atoms with Gasteiger partial charge < -0.3 is 4.90 Å². The number of likely N-dealkylation sites (tertiary alicyclic amines) is 3. The van der Waals surface area contributed by atoms with Crippen LogP contribution in [0, 0.1) is 5.41 Å². The van der Waals surface area contributed by atoms with E-state index in [0.29, 0.717) is 5.41 Å². The smallest absolute Gasteiger partial charge is 0.0350 e. The Bertz CT molecular complexity index is 328. The van der Waals surface area contributed by atoms with Crippen molar-refractivity contribution in [3.05, 3.63) is 0 Å². The third-order valence-corrected chi connectivity index (χ3v) is 6.58. The van der Waals surface area contributed by atoms with Crippen molar-refractivity contribution in [3.63, 3.8) is 0 Å². The number of rotatable bonds is 3. The largest absolute Gasteiger partial charge is 0.301 e. The van der Waals surface area contributed by atoms with Crippen LogP contribution >= 0.6 is 0 Å². The molecule has 0 amide bonds. The van der Waals surface area contributed by atoms with Crippen molar-refractivity contribution >= 4 is 0 Å². The molecular formula is C18H35N3. The van der Waals surface area contributed by atoms with Gasteiger partial charge >= 0.3 is 0 Å². The number of nitrogens with zero attached hydrogens (tertiary/aromatic N) is 3. The van der Waals surface area contributed by atoms with Crippen LogP contribution in [0.25, 0.3) is 0 Å². The third kappa shape index (κ3) is 3.30. The summed E-state index contributed by atoms with van der Waals surface area (Å²) in [5, 5.41) is 0. The Morgan fingerprint density at radius 3 is 1.67 bits per heavy atom. The van der Waals surface area contributed by atoms with E-state index in [1.807, 2.05) is 0 Å². The van der Waals surface area contributed by atoms with E-state index in [1.165, 1.54) is 65.0 Å². The monoisotopic (exact) mass is 293 g/mol. The van der Waals surface area contributed by atoms with Crippen LogP contribution in [0.15, 0.2) is 0 Å². The van der Waals surface area contributed by atoms with Gasteiger partial charge in [-0.1, -0.05) is 0 Å². The molecule has 3 aliphatic heterocycles. The van der Waals surface area contributed by atoms with Crippen molar-refractivity contribution in [1.82, 2.24) is 14.7 Å². The second-order valence-electron chi connectivity index (χ2n) is 8.37. The maximum Gasteiger partial charge on any atom is 0.0350 e. The maximum atomic E-state index is 2.79. The van der Waals surface area contributed by atoms with E-state index in [-0.39, 0.29) is 0 Å². The Morgan fingerprint density at radius 2 is 1.19 bits per heavy atom. The van der Waals surface area contributed by atoms with Crippen LogP contribution in [-0.2, 0) is 0 Å².